The van der Waals surface area contributed by atoms with Crippen molar-refractivity contribution in [2.45, 2.75) is 25.8 Å². The monoisotopic (exact) mass is 512 g/mol. The second kappa shape index (κ2) is 11.8. The Kier molecular flexibility index (Phi) is 8.34. The van der Waals surface area contributed by atoms with E-state index in [0.29, 0.717) is 31.1 Å². The van der Waals surface area contributed by atoms with Crippen molar-refractivity contribution in [2.24, 2.45) is 0 Å². The van der Waals surface area contributed by atoms with Crippen LogP contribution >= 0.6 is 11.3 Å². The normalized spacial score (nSPS) is 15.4. The van der Waals surface area contributed by atoms with Gasteiger partial charge in [-0.3, -0.25) is 30.1 Å². The molecule has 1 fully saturated rings. The molecule has 11 heteroatoms. The highest BCUT2D eigenvalue weighted by atomic mass is 32.1. The Morgan fingerprint density at radius 2 is 1.92 bits per heavy atom. The van der Waals surface area contributed by atoms with Gasteiger partial charge in [0.2, 0.25) is 0 Å². The Bertz CT molecular complexity index is 1210. The lowest BCUT2D eigenvalue weighted by molar-refractivity contribution is -0.148. The second-order valence-corrected chi connectivity index (χ2v) is 9.15. The molecule has 10 nitrogen and oxygen atoms in total. The van der Waals surface area contributed by atoms with E-state index in [1.165, 1.54) is 7.11 Å². The fraction of sp³-hybridized carbons (Fsp3) is 0.360. The van der Waals surface area contributed by atoms with E-state index < -0.39 is 17.9 Å². The van der Waals surface area contributed by atoms with Crippen molar-refractivity contribution in [1.82, 2.24) is 20.7 Å². The molecule has 0 spiro atoms. The molecule has 1 saturated heterocycles. The van der Waals surface area contributed by atoms with Crippen LogP contribution in [0.5, 0.6) is 11.5 Å². The number of ether oxygens (including phenoxy) is 3. The number of nitrogens with one attached hydrogen (secondary N) is 2. The Balaban J connectivity index is 1.27. The van der Waals surface area contributed by atoms with Crippen LogP contribution in [0.3, 0.4) is 0 Å². The highest BCUT2D eigenvalue weighted by molar-refractivity contribution is 7.21. The van der Waals surface area contributed by atoms with Gasteiger partial charge in [-0.15, -0.1) is 11.3 Å². The first-order valence-corrected chi connectivity index (χ1v) is 12.4. The number of hydrazine groups is 1. The lowest BCUT2D eigenvalue weighted by Gasteiger charge is -2.22. The summed E-state index contributed by atoms with van der Waals surface area (Å²) in [5.74, 6) is -0.453. The first-order valence-electron chi connectivity index (χ1n) is 11.6. The van der Waals surface area contributed by atoms with Gasteiger partial charge in [-0.25, -0.2) is 4.98 Å². The molecule has 0 bridgehead atoms. The highest BCUT2D eigenvalue weighted by Crippen LogP contribution is 2.36. The summed E-state index contributed by atoms with van der Waals surface area (Å²) in [6.07, 6.45) is 1.45. The maximum absolute atomic E-state index is 12.3. The molecule has 2 heterocycles. The molecule has 2 aromatic carbocycles. The van der Waals surface area contributed by atoms with Gasteiger partial charge in [0.15, 0.2) is 18.1 Å². The van der Waals surface area contributed by atoms with Crippen LogP contribution in [-0.4, -0.2) is 67.1 Å². The van der Waals surface area contributed by atoms with Crippen molar-refractivity contribution in [3.05, 3.63) is 42.5 Å². The van der Waals surface area contributed by atoms with E-state index in [-0.39, 0.29) is 19.1 Å². The number of likely N-dealkylation sites (tertiary alicyclic amines) is 1. The van der Waals surface area contributed by atoms with Crippen molar-refractivity contribution in [2.75, 3.05) is 33.4 Å². The molecule has 1 atom stereocenters. The highest BCUT2D eigenvalue weighted by Gasteiger charge is 2.32. The van der Waals surface area contributed by atoms with Crippen LogP contribution in [0.1, 0.15) is 19.8 Å². The summed E-state index contributed by atoms with van der Waals surface area (Å²) in [4.78, 5) is 42.9. The van der Waals surface area contributed by atoms with Crippen LogP contribution in [-0.2, 0) is 19.1 Å². The van der Waals surface area contributed by atoms with E-state index in [4.69, 9.17) is 14.2 Å². The zero-order chi connectivity index (χ0) is 25.5. The predicted molar refractivity (Wildman–Crippen MR) is 135 cm³/mol. The van der Waals surface area contributed by atoms with Crippen LogP contribution in [0.4, 0.5) is 0 Å². The van der Waals surface area contributed by atoms with E-state index in [0.717, 1.165) is 27.2 Å². The van der Waals surface area contributed by atoms with Gasteiger partial charge in [0.05, 0.1) is 30.5 Å². The number of amides is 2. The van der Waals surface area contributed by atoms with Gasteiger partial charge in [-0.1, -0.05) is 12.1 Å². The fourth-order valence-electron chi connectivity index (χ4n) is 3.98. The summed E-state index contributed by atoms with van der Waals surface area (Å²) >= 11 is 1.58. The first kappa shape index (κ1) is 25.4. The van der Waals surface area contributed by atoms with Crippen molar-refractivity contribution in [1.29, 1.82) is 0 Å². The zero-order valence-corrected chi connectivity index (χ0v) is 20.9. The number of esters is 1. The topological polar surface area (TPSA) is 119 Å². The molecule has 36 heavy (non-hydrogen) atoms. The standard InChI is InChI=1S/C25H28N4O6S/c1-3-34-25(32)18-8-6-12-29(18)14-22(30)27-28-23(31)15-35-19-11-10-16(13-20(19)33-2)24-26-17-7-4-5-9-21(17)36-24/h4-5,7,9-11,13,18H,3,6,8,12,14-15H2,1-2H3,(H,27,30)(H,28,31)/t18-/m0/s1. The lowest BCUT2D eigenvalue weighted by Crippen LogP contribution is -2.49. The van der Waals surface area contributed by atoms with Crippen LogP contribution in [0, 0.1) is 0 Å². The maximum Gasteiger partial charge on any atom is 0.323 e. The Labute approximate surface area is 212 Å². The van der Waals surface area contributed by atoms with Crippen LogP contribution in [0.25, 0.3) is 20.8 Å². The van der Waals surface area contributed by atoms with E-state index >= 15 is 0 Å². The van der Waals surface area contributed by atoms with E-state index in [9.17, 15) is 14.4 Å². The number of para-hydroxylation sites is 1. The van der Waals surface area contributed by atoms with Crippen LogP contribution in [0.2, 0.25) is 0 Å². The maximum atomic E-state index is 12.3. The van der Waals surface area contributed by atoms with Gasteiger partial charge < -0.3 is 14.2 Å². The number of hydrogen-bond donors (Lipinski definition) is 2. The fourth-order valence-corrected chi connectivity index (χ4v) is 4.94. The molecule has 1 aromatic heterocycles. The number of thiazole rings is 1. The van der Waals surface area contributed by atoms with Crippen LogP contribution < -0.4 is 20.3 Å². The first-order chi connectivity index (χ1) is 17.5. The number of benzene rings is 2. The molecule has 1 aliphatic heterocycles. The SMILES string of the molecule is CCOC(=O)[C@@H]1CCCN1CC(=O)NNC(=O)COc1ccc(-c2nc3ccccc3s2)cc1OC. The lowest BCUT2D eigenvalue weighted by atomic mass is 10.2. The van der Waals surface area contributed by atoms with E-state index in [2.05, 4.69) is 15.8 Å². The summed E-state index contributed by atoms with van der Waals surface area (Å²) in [7, 11) is 1.52. The minimum atomic E-state index is -0.538. The Morgan fingerprint density at radius 1 is 1.11 bits per heavy atom. The molecule has 2 amide bonds. The molecule has 190 valence electrons. The number of aromatic nitrogens is 1. The molecule has 3 aromatic rings. The van der Waals surface area contributed by atoms with Crippen molar-refractivity contribution >= 4 is 39.3 Å². The number of carbonyl (C=O) groups excluding carboxylic acids is 3. The summed E-state index contributed by atoms with van der Waals surface area (Å²) in [5, 5.41) is 0.852. The van der Waals surface area contributed by atoms with E-state index in [1.807, 2.05) is 36.4 Å². The summed E-state index contributed by atoms with van der Waals surface area (Å²) in [6.45, 7) is 2.30. The molecule has 0 unspecified atom stereocenters. The summed E-state index contributed by atoms with van der Waals surface area (Å²) < 4.78 is 17.2. The van der Waals surface area contributed by atoms with Gasteiger partial charge in [0, 0.05) is 5.56 Å². The average molecular weight is 513 g/mol. The molecule has 2 N–H and O–H groups in total. The number of methoxy groups -OCH3 is 1. The molecular formula is C25H28N4O6S. The van der Waals surface area contributed by atoms with Crippen molar-refractivity contribution in [3.8, 4) is 22.1 Å². The third kappa shape index (κ3) is 6.10. The molecule has 0 aliphatic carbocycles. The Hall–Kier alpha value is -3.70. The van der Waals surface area contributed by atoms with Gasteiger partial charge in [-0.2, -0.15) is 0 Å². The van der Waals surface area contributed by atoms with Gasteiger partial charge in [-0.05, 0) is 56.6 Å². The summed E-state index contributed by atoms with van der Waals surface area (Å²) in [5.41, 5.74) is 6.49. The third-order valence-corrected chi connectivity index (χ3v) is 6.76. The zero-order valence-electron chi connectivity index (χ0n) is 20.1. The minimum Gasteiger partial charge on any atom is -0.493 e. The van der Waals surface area contributed by atoms with Gasteiger partial charge in [0.1, 0.15) is 11.0 Å². The quantitative estimate of drug-likeness (QED) is 0.332. The average Bonchev–Trinajstić information content (AvgIpc) is 3.53. The largest absolute Gasteiger partial charge is 0.493 e. The number of carbonyl (C=O) groups is 3. The number of hydrogen-bond acceptors (Lipinski definition) is 9. The molecular weight excluding hydrogens is 484 g/mol. The molecule has 0 saturated carbocycles. The predicted octanol–water partition coefficient (Wildman–Crippen LogP) is 2.53. The number of nitrogens with zero attached hydrogens (tertiary/aromatic N) is 2. The van der Waals surface area contributed by atoms with E-state index in [1.54, 1.807) is 29.2 Å². The molecule has 0 radical (unpaired) electrons. The van der Waals surface area contributed by atoms with Crippen molar-refractivity contribution < 1.29 is 28.6 Å². The Morgan fingerprint density at radius 3 is 2.69 bits per heavy atom. The van der Waals surface area contributed by atoms with Crippen molar-refractivity contribution in [3.63, 3.8) is 0 Å². The number of fused-ring (bicyclic) bond motifs is 1. The smallest absolute Gasteiger partial charge is 0.323 e. The minimum absolute atomic E-state index is 0.0222. The van der Waals surface area contributed by atoms with Gasteiger partial charge in [0.25, 0.3) is 11.8 Å². The van der Waals surface area contributed by atoms with Gasteiger partial charge >= 0.3 is 5.97 Å². The van der Waals surface area contributed by atoms with Crippen LogP contribution in [0.15, 0.2) is 42.5 Å². The summed E-state index contributed by atoms with van der Waals surface area (Å²) in [6, 6.07) is 12.8. The third-order valence-electron chi connectivity index (χ3n) is 5.67. The molecule has 4 rings (SSSR count). The number of rotatable bonds is 9. The molecule has 1 aliphatic rings. The second-order valence-electron chi connectivity index (χ2n) is 8.12.